The minimum Gasteiger partial charge on any atom is -0.305 e. The summed E-state index contributed by atoms with van der Waals surface area (Å²) >= 11 is 13.6. The highest BCUT2D eigenvalue weighted by Crippen LogP contribution is 2.28. The molecule has 27 heavy (non-hydrogen) atoms. The lowest BCUT2D eigenvalue weighted by Gasteiger charge is -2.09. The number of thioether (sulfide) groups is 1. The van der Waals surface area contributed by atoms with Crippen LogP contribution < -0.4 is 0 Å². The first-order valence-electron chi connectivity index (χ1n) is 8.17. The number of sulfone groups is 1. The summed E-state index contributed by atoms with van der Waals surface area (Å²) < 4.78 is 27.0. The van der Waals surface area contributed by atoms with Crippen LogP contribution in [0.3, 0.4) is 0 Å². The second kappa shape index (κ2) is 8.65. The van der Waals surface area contributed by atoms with E-state index in [2.05, 4.69) is 10.2 Å². The van der Waals surface area contributed by atoms with E-state index in [1.54, 1.807) is 42.5 Å². The van der Waals surface area contributed by atoms with Crippen LogP contribution >= 0.6 is 35.0 Å². The molecule has 0 N–H and O–H groups in total. The molecule has 9 heteroatoms. The first-order valence-corrected chi connectivity index (χ1v) is 11.6. The maximum absolute atomic E-state index is 12.6. The standard InChI is InChI=1S/C18H17Cl2N3O2S2/c1-2-23-17(12-27(24,25)15-6-4-3-5-7-15)21-22-18(23)26-11-13-8-9-14(19)10-16(13)20/h3-10H,2,11-12H2,1H3. The predicted octanol–water partition coefficient (Wildman–Crippen LogP) is 4.87. The van der Waals surface area contributed by atoms with Crippen molar-refractivity contribution < 1.29 is 8.42 Å². The van der Waals surface area contributed by atoms with Crippen LogP contribution in [-0.4, -0.2) is 23.2 Å². The molecule has 0 atom stereocenters. The van der Waals surface area contributed by atoms with Crippen LogP contribution in [0.2, 0.25) is 10.0 Å². The summed E-state index contributed by atoms with van der Waals surface area (Å²) in [5, 5.41) is 10.1. The largest absolute Gasteiger partial charge is 0.305 e. The van der Waals surface area contributed by atoms with Gasteiger partial charge < -0.3 is 4.57 Å². The van der Waals surface area contributed by atoms with Crippen LogP contribution in [0.15, 0.2) is 58.6 Å². The van der Waals surface area contributed by atoms with E-state index < -0.39 is 9.84 Å². The predicted molar refractivity (Wildman–Crippen MR) is 109 cm³/mol. The number of aromatic nitrogens is 3. The minimum atomic E-state index is -3.48. The maximum Gasteiger partial charge on any atom is 0.191 e. The molecule has 0 unspecified atom stereocenters. The van der Waals surface area contributed by atoms with Crippen molar-refractivity contribution in [3.05, 3.63) is 70.0 Å². The fourth-order valence-corrected chi connectivity index (χ4v) is 5.38. The number of nitrogens with zero attached hydrogens (tertiary/aromatic N) is 3. The van der Waals surface area contributed by atoms with Gasteiger partial charge in [-0.15, -0.1) is 10.2 Å². The van der Waals surface area contributed by atoms with Crippen LogP contribution in [0, 0.1) is 0 Å². The van der Waals surface area contributed by atoms with Gasteiger partial charge in [-0.05, 0) is 36.8 Å². The van der Waals surface area contributed by atoms with E-state index in [-0.39, 0.29) is 10.6 Å². The van der Waals surface area contributed by atoms with Crippen molar-refractivity contribution in [2.45, 2.75) is 35.0 Å². The molecule has 0 bridgehead atoms. The zero-order valence-electron chi connectivity index (χ0n) is 14.5. The second-order valence-electron chi connectivity index (χ2n) is 5.74. The molecule has 1 heterocycles. The summed E-state index contributed by atoms with van der Waals surface area (Å²) in [6.45, 7) is 2.50. The molecule has 0 fully saturated rings. The van der Waals surface area contributed by atoms with Gasteiger partial charge in [0.05, 0.1) is 4.90 Å². The second-order valence-corrected chi connectivity index (χ2v) is 9.52. The fourth-order valence-electron chi connectivity index (χ4n) is 2.51. The smallest absolute Gasteiger partial charge is 0.191 e. The molecule has 1 aromatic heterocycles. The Bertz CT molecular complexity index is 1040. The van der Waals surface area contributed by atoms with E-state index in [4.69, 9.17) is 23.2 Å². The first kappa shape index (κ1) is 20.2. The molecule has 3 rings (SSSR count). The minimum absolute atomic E-state index is 0.194. The topological polar surface area (TPSA) is 64.8 Å². The lowest BCUT2D eigenvalue weighted by Crippen LogP contribution is -2.11. The number of hydrogen-bond acceptors (Lipinski definition) is 5. The lowest BCUT2D eigenvalue weighted by molar-refractivity contribution is 0.588. The molecule has 0 amide bonds. The molecule has 0 aliphatic rings. The molecular weight excluding hydrogens is 425 g/mol. The summed E-state index contributed by atoms with van der Waals surface area (Å²) in [5.41, 5.74) is 0.926. The van der Waals surface area contributed by atoms with E-state index in [1.807, 2.05) is 17.6 Å². The highest BCUT2D eigenvalue weighted by Gasteiger charge is 2.21. The Balaban J connectivity index is 1.79. The van der Waals surface area contributed by atoms with Crippen molar-refractivity contribution in [2.24, 2.45) is 0 Å². The van der Waals surface area contributed by atoms with Crippen molar-refractivity contribution >= 4 is 44.8 Å². The van der Waals surface area contributed by atoms with Gasteiger partial charge in [-0.25, -0.2) is 8.42 Å². The Hall–Kier alpha value is -1.54. The van der Waals surface area contributed by atoms with Crippen LogP contribution in [0.1, 0.15) is 18.3 Å². The Labute approximate surface area is 172 Å². The lowest BCUT2D eigenvalue weighted by atomic mass is 10.2. The highest BCUT2D eigenvalue weighted by atomic mass is 35.5. The molecular formula is C18H17Cl2N3O2S2. The van der Waals surface area contributed by atoms with Gasteiger partial charge in [-0.2, -0.15) is 0 Å². The molecule has 0 saturated carbocycles. The maximum atomic E-state index is 12.6. The van der Waals surface area contributed by atoms with Gasteiger partial charge in [0.15, 0.2) is 15.0 Å². The van der Waals surface area contributed by atoms with Gasteiger partial charge in [0.1, 0.15) is 11.6 Å². The third-order valence-corrected chi connectivity index (χ3v) is 7.13. The van der Waals surface area contributed by atoms with E-state index in [9.17, 15) is 8.42 Å². The Morgan fingerprint density at radius 3 is 2.48 bits per heavy atom. The molecule has 0 saturated heterocycles. The van der Waals surface area contributed by atoms with Gasteiger partial charge in [-0.1, -0.05) is 59.2 Å². The third-order valence-electron chi connectivity index (χ3n) is 3.90. The third kappa shape index (κ3) is 4.85. The number of hydrogen-bond donors (Lipinski definition) is 0. The molecule has 0 aliphatic heterocycles. The van der Waals surface area contributed by atoms with Crippen molar-refractivity contribution in [3.8, 4) is 0 Å². The van der Waals surface area contributed by atoms with Crippen molar-refractivity contribution in [1.29, 1.82) is 0 Å². The summed E-state index contributed by atoms with van der Waals surface area (Å²) in [6.07, 6.45) is 0. The quantitative estimate of drug-likeness (QED) is 0.489. The van der Waals surface area contributed by atoms with Crippen LogP contribution in [0.4, 0.5) is 0 Å². The summed E-state index contributed by atoms with van der Waals surface area (Å²) in [4.78, 5) is 0.276. The summed E-state index contributed by atoms with van der Waals surface area (Å²) in [6, 6.07) is 13.7. The molecule has 0 spiro atoms. The van der Waals surface area contributed by atoms with Crippen molar-refractivity contribution in [1.82, 2.24) is 14.8 Å². The van der Waals surface area contributed by atoms with E-state index >= 15 is 0 Å². The molecule has 2 aromatic carbocycles. The van der Waals surface area contributed by atoms with Gasteiger partial charge >= 0.3 is 0 Å². The van der Waals surface area contributed by atoms with Crippen molar-refractivity contribution in [2.75, 3.05) is 0 Å². The van der Waals surface area contributed by atoms with E-state index in [0.717, 1.165) is 5.56 Å². The van der Waals surface area contributed by atoms with Crippen molar-refractivity contribution in [3.63, 3.8) is 0 Å². The number of rotatable bonds is 7. The average Bonchev–Trinajstić information content (AvgIpc) is 3.02. The molecule has 5 nitrogen and oxygen atoms in total. The Morgan fingerprint density at radius 2 is 1.81 bits per heavy atom. The van der Waals surface area contributed by atoms with Gasteiger partial charge in [0, 0.05) is 22.3 Å². The first-order chi connectivity index (χ1) is 12.9. The normalized spacial score (nSPS) is 11.7. The average molecular weight is 442 g/mol. The fraction of sp³-hybridized carbons (Fsp3) is 0.222. The van der Waals surface area contributed by atoms with Crippen LogP contribution in [-0.2, 0) is 27.9 Å². The Kier molecular flexibility index (Phi) is 6.47. The SMILES string of the molecule is CCn1c(CS(=O)(=O)c2ccccc2)nnc1SCc1ccc(Cl)cc1Cl. The van der Waals surface area contributed by atoms with E-state index in [1.165, 1.54) is 11.8 Å². The summed E-state index contributed by atoms with van der Waals surface area (Å²) in [7, 11) is -3.48. The van der Waals surface area contributed by atoms with Gasteiger partial charge in [-0.3, -0.25) is 0 Å². The molecule has 3 aromatic rings. The van der Waals surface area contributed by atoms with Gasteiger partial charge in [0.2, 0.25) is 0 Å². The number of benzene rings is 2. The van der Waals surface area contributed by atoms with E-state index in [0.29, 0.717) is 33.3 Å². The molecule has 142 valence electrons. The zero-order valence-corrected chi connectivity index (χ0v) is 17.6. The summed E-state index contributed by atoms with van der Waals surface area (Å²) in [5.74, 6) is 0.811. The van der Waals surface area contributed by atoms with Crippen LogP contribution in [0.5, 0.6) is 0 Å². The number of halogens is 2. The highest BCUT2D eigenvalue weighted by molar-refractivity contribution is 7.98. The Morgan fingerprint density at radius 1 is 1.07 bits per heavy atom. The molecule has 0 radical (unpaired) electrons. The zero-order chi connectivity index (χ0) is 19.4. The van der Waals surface area contributed by atoms with Crippen LogP contribution in [0.25, 0.3) is 0 Å². The monoisotopic (exact) mass is 441 g/mol. The molecule has 0 aliphatic carbocycles. The van der Waals surface area contributed by atoms with Gasteiger partial charge in [0.25, 0.3) is 0 Å².